The first-order valence-electron chi connectivity index (χ1n) is 5.43. The van der Waals surface area contributed by atoms with Crippen molar-refractivity contribution >= 4 is 5.97 Å². The summed E-state index contributed by atoms with van der Waals surface area (Å²) >= 11 is 0. The lowest BCUT2D eigenvalue weighted by atomic mass is 10.1. The van der Waals surface area contributed by atoms with Crippen LogP contribution in [0.1, 0.15) is 27.3 Å². The van der Waals surface area contributed by atoms with Gasteiger partial charge in [-0.1, -0.05) is 29.8 Å². The molecule has 0 bridgehead atoms. The Morgan fingerprint density at radius 1 is 1.44 bits per heavy atom. The van der Waals surface area contributed by atoms with Gasteiger partial charge in [-0.3, -0.25) is 4.79 Å². The highest BCUT2D eigenvalue weighted by Crippen LogP contribution is 2.07. The number of nitrogens with zero attached hydrogens (tertiary/aromatic N) is 1. The summed E-state index contributed by atoms with van der Waals surface area (Å²) in [5, 5.41) is 8.72. The van der Waals surface area contributed by atoms with Gasteiger partial charge in [-0.2, -0.15) is 0 Å². The molecule has 2 rings (SSSR count). The van der Waals surface area contributed by atoms with E-state index in [1.54, 1.807) is 0 Å². The van der Waals surface area contributed by atoms with Crippen LogP contribution in [-0.4, -0.2) is 21.0 Å². The zero-order valence-corrected chi connectivity index (χ0v) is 9.80. The molecule has 18 heavy (non-hydrogen) atoms. The molecule has 1 heterocycles. The SMILES string of the molecule is Cc1cccc(Cc2ncc(C(=O)O)c(=O)[nH]2)c1. The van der Waals surface area contributed by atoms with Gasteiger partial charge in [0.25, 0.3) is 5.56 Å². The van der Waals surface area contributed by atoms with Crippen LogP contribution in [0.3, 0.4) is 0 Å². The van der Waals surface area contributed by atoms with Crippen molar-refractivity contribution in [1.29, 1.82) is 0 Å². The van der Waals surface area contributed by atoms with Gasteiger partial charge in [-0.15, -0.1) is 0 Å². The fourth-order valence-corrected chi connectivity index (χ4v) is 1.69. The molecule has 0 saturated heterocycles. The van der Waals surface area contributed by atoms with E-state index in [0.29, 0.717) is 12.2 Å². The molecule has 0 saturated carbocycles. The monoisotopic (exact) mass is 244 g/mol. The predicted octanol–water partition coefficient (Wildman–Crippen LogP) is 1.37. The van der Waals surface area contributed by atoms with Gasteiger partial charge in [0.2, 0.25) is 0 Å². The number of aromatic carboxylic acids is 1. The summed E-state index contributed by atoms with van der Waals surface area (Å²) in [6.07, 6.45) is 1.56. The average Bonchev–Trinajstić information content (AvgIpc) is 2.28. The molecule has 0 fully saturated rings. The Morgan fingerprint density at radius 3 is 2.83 bits per heavy atom. The topological polar surface area (TPSA) is 83.0 Å². The summed E-state index contributed by atoms with van der Waals surface area (Å²) in [5.41, 5.74) is 1.17. The van der Waals surface area contributed by atoms with Crippen LogP contribution in [-0.2, 0) is 6.42 Å². The minimum Gasteiger partial charge on any atom is -0.477 e. The van der Waals surface area contributed by atoms with Gasteiger partial charge in [0.1, 0.15) is 11.4 Å². The normalized spacial score (nSPS) is 10.3. The Hall–Kier alpha value is -2.43. The third kappa shape index (κ3) is 2.63. The number of hydrogen-bond acceptors (Lipinski definition) is 3. The number of aromatic nitrogens is 2. The van der Waals surface area contributed by atoms with E-state index >= 15 is 0 Å². The van der Waals surface area contributed by atoms with Crippen LogP contribution in [0.25, 0.3) is 0 Å². The highest BCUT2D eigenvalue weighted by Gasteiger charge is 2.09. The molecule has 0 aliphatic heterocycles. The summed E-state index contributed by atoms with van der Waals surface area (Å²) in [5.74, 6) is -0.818. The number of aryl methyl sites for hydroxylation is 1. The van der Waals surface area contributed by atoms with Crippen molar-refractivity contribution < 1.29 is 9.90 Å². The Labute approximate surface area is 103 Å². The maximum absolute atomic E-state index is 11.5. The largest absolute Gasteiger partial charge is 0.477 e. The van der Waals surface area contributed by atoms with Crippen molar-refractivity contribution in [2.45, 2.75) is 13.3 Å². The average molecular weight is 244 g/mol. The summed E-state index contributed by atoms with van der Waals surface area (Å²) in [4.78, 5) is 28.6. The zero-order valence-electron chi connectivity index (χ0n) is 9.80. The van der Waals surface area contributed by atoms with Crippen LogP contribution in [0.2, 0.25) is 0 Å². The van der Waals surface area contributed by atoms with Crippen molar-refractivity contribution in [2.75, 3.05) is 0 Å². The van der Waals surface area contributed by atoms with Crippen LogP contribution in [0.4, 0.5) is 0 Å². The second-order valence-corrected chi connectivity index (χ2v) is 4.04. The summed E-state index contributed by atoms with van der Waals surface area (Å²) in [6.45, 7) is 1.98. The Bertz CT molecular complexity index is 647. The van der Waals surface area contributed by atoms with Gasteiger partial charge in [0.05, 0.1) is 0 Å². The standard InChI is InChI=1S/C13H12N2O3/c1-8-3-2-4-9(5-8)6-11-14-7-10(13(17)18)12(16)15-11/h2-5,7H,6H2,1H3,(H,17,18)(H,14,15,16). The number of rotatable bonds is 3. The van der Waals surface area contributed by atoms with E-state index in [9.17, 15) is 9.59 Å². The molecule has 1 aromatic carbocycles. The number of nitrogens with one attached hydrogen (secondary N) is 1. The van der Waals surface area contributed by atoms with E-state index < -0.39 is 11.5 Å². The second kappa shape index (κ2) is 4.83. The molecule has 5 nitrogen and oxygen atoms in total. The fraction of sp³-hybridized carbons (Fsp3) is 0.154. The summed E-state index contributed by atoms with van der Waals surface area (Å²) in [7, 11) is 0. The van der Waals surface area contributed by atoms with Gasteiger partial charge >= 0.3 is 5.97 Å². The molecule has 0 unspecified atom stereocenters. The van der Waals surface area contributed by atoms with Crippen LogP contribution in [0.5, 0.6) is 0 Å². The minimum atomic E-state index is -1.27. The number of benzene rings is 1. The molecule has 2 N–H and O–H groups in total. The molecule has 1 aromatic heterocycles. The number of carbonyl (C=O) groups is 1. The van der Waals surface area contributed by atoms with Crippen LogP contribution >= 0.6 is 0 Å². The van der Waals surface area contributed by atoms with Crippen molar-refractivity contribution in [3.63, 3.8) is 0 Å². The van der Waals surface area contributed by atoms with Gasteiger partial charge in [0, 0.05) is 12.6 Å². The molecular weight excluding hydrogens is 232 g/mol. The third-order valence-corrected chi connectivity index (χ3v) is 2.54. The molecule has 92 valence electrons. The van der Waals surface area contributed by atoms with Crippen LogP contribution < -0.4 is 5.56 Å². The zero-order chi connectivity index (χ0) is 13.1. The summed E-state index contributed by atoms with van der Waals surface area (Å²) < 4.78 is 0. The highest BCUT2D eigenvalue weighted by atomic mass is 16.4. The van der Waals surface area contributed by atoms with Gasteiger partial charge in [0.15, 0.2) is 0 Å². The van der Waals surface area contributed by atoms with E-state index in [1.165, 1.54) is 0 Å². The number of carboxylic acids is 1. The first kappa shape index (κ1) is 12.0. The van der Waals surface area contributed by atoms with Gasteiger partial charge < -0.3 is 10.1 Å². The van der Waals surface area contributed by atoms with Gasteiger partial charge in [-0.05, 0) is 12.5 Å². The number of H-pyrrole nitrogens is 1. The molecular formula is C13H12N2O3. The Kier molecular flexibility index (Phi) is 3.23. The molecule has 0 amide bonds. The predicted molar refractivity (Wildman–Crippen MR) is 65.8 cm³/mol. The van der Waals surface area contributed by atoms with E-state index in [4.69, 9.17) is 5.11 Å². The smallest absolute Gasteiger partial charge is 0.342 e. The Balaban J connectivity index is 2.28. The molecule has 0 spiro atoms. The van der Waals surface area contributed by atoms with E-state index in [0.717, 1.165) is 17.3 Å². The highest BCUT2D eigenvalue weighted by molar-refractivity contribution is 5.86. The summed E-state index contributed by atoms with van der Waals surface area (Å²) in [6, 6.07) is 7.82. The lowest BCUT2D eigenvalue weighted by Crippen LogP contribution is -2.20. The molecule has 2 aromatic rings. The first-order valence-corrected chi connectivity index (χ1v) is 5.43. The minimum absolute atomic E-state index is 0.344. The third-order valence-electron chi connectivity index (χ3n) is 2.54. The van der Waals surface area contributed by atoms with Crippen LogP contribution in [0, 0.1) is 6.92 Å². The molecule has 0 aliphatic carbocycles. The Morgan fingerprint density at radius 2 is 2.22 bits per heavy atom. The molecule has 5 heteroatoms. The molecule has 0 atom stereocenters. The quantitative estimate of drug-likeness (QED) is 0.854. The number of hydrogen-bond donors (Lipinski definition) is 2. The van der Waals surface area contributed by atoms with Crippen LogP contribution in [0.15, 0.2) is 35.3 Å². The maximum Gasteiger partial charge on any atom is 0.342 e. The first-order chi connectivity index (χ1) is 8.56. The number of carboxylic acid groups (broad SMARTS) is 1. The van der Waals surface area contributed by atoms with E-state index in [1.807, 2.05) is 31.2 Å². The van der Waals surface area contributed by atoms with Crippen molar-refractivity contribution in [2.24, 2.45) is 0 Å². The lowest BCUT2D eigenvalue weighted by molar-refractivity contribution is 0.0694. The molecule has 0 aliphatic rings. The van der Waals surface area contributed by atoms with Crippen molar-refractivity contribution in [1.82, 2.24) is 9.97 Å². The van der Waals surface area contributed by atoms with Gasteiger partial charge in [-0.25, -0.2) is 9.78 Å². The van der Waals surface area contributed by atoms with Crippen molar-refractivity contribution in [3.05, 3.63) is 63.3 Å². The lowest BCUT2D eigenvalue weighted by Gasteiger charge is -2.02. The maximum atomic E-state index is 11.5. The van der Waals surface area contributed by atoms with E-state index in [-0.39, 0.29) is 5.56 Å². The van der Waals surface area contributed by atoms with Crippen molar-refractivity contribution in [3.8, 4) is 0 Å². The number of aromatic amines is 1. The second-order valence-electron chi connectivity index (χ2n) is 4.04. The fourth-order valence-electron chi connectivity index (χ4n) is 1.69. The van der Waals surface area contributed by atoms with E-state index in [2.05, 4.69) is 9.97 Å². The molecule has 0 radical (unpaired) electrons.